The second-order valence-electron chi connectivity index (χ2n) is 6.10. The largest absolute Gasteiger partial charge is 0.351 e. The quantitative estimate of drug-likeness (QED) is 0.771. The van der Waals surface area contributed by atoms with Crippen molar-refractivity contribution in [3.63, 3.8) is 0 Å². The van der Waals surface area contributed by atoms with Crippen LogP contribution in [0.2, 0.25) is 0 Å². The van der Waals surface area contributed by atoms with E-state index in [-0.39, 0.29) is 5.91 Å². The molecule has 0 radical (unpaired) electrons. The van der Waals surface area contributed by atoms with Gasteiger partial charge in [-0.15, -0.1) is 0 Å². The van der Waals surface area contributed by atoms with E-state index in [0.29, 0.717) is 18.9 Å². The molecule has 1 amide bonds. The predicted molar refractivity (Wildman–Crippen MR) is 87.7 cm³/mol. The fourth-order valence-corrected chi connectivity index (χ4v) is 2.20. The Kier molecular flexibility index (Phi) is 7.40. The number of hydrogen-bond donors (Lipinski definition) is 2. The Morgan fingerprint density at radius 2 is 2.00 bits per heavy atom. The molecule has 4 heteroatoms. The molecule has 0 aromatic heterocycles. The van der Waals surface area contributed by atoms with Gasteiger partial charge in [-0.2, -0.15) is 0 Å². The van der Waals surface area contributed by atoms with Gasteiger partial charge in [0.1, 0.15) is 0 Å². The van der Waals surface area contributed by atoms with Crippen molar-refractivity contribution in [1.82, 2.24) is 10.2 Å². The van der Waals surface area contributed by atoms with E-state index in [2.05, 4.69) is 50.2 Å². The van der Waals surface area contributed by atoms with E-state index in [1.165, 1.54) is 5.56 Å². The summed E-state index contributed by atoms with van der Waals surface area (Å²) >= 11 is 0. The average molecular weight is 291 g/mol. The van der Waals surface area contributed by atoms with Gasteiger partial charge in [0.2, 0.25) is 5.91 Å². The average Bonchev–Trinajstić information content (AvgIpc) is 2.44. The number of nitrogens with one attached hydrogen (secondary N) is 1. The van der Waals surface area contributed by atoms with Gasteiger partial charge >= 0.3 is 0 Å². The summed E-state index contributed by atoms with van der Waals surface area (Å²) in [5, 5.41) is 2.92. The lowest BCUT2D eigenvalue weighted by Crippen LogP contribution is -2.41. The van der Waals surface area contributed by atoms with E-state index >= 15 is 0 Å². The van der Waals surface area contributed by atoms with Crippen molar-refractivity contribution in [3.8, 4) is 0 Å². The van der Waals surface area contributed by atoms with E-state index in [4.69, 9.17) is 5.73 Å². The molecular weight excluding hydrogens is 262 g/mol. The molecule has 0 aliphatic rings. The van der Waals surface area contributed by atoms with Crippen LogP contribution in [0.3, 0.4) is 0 Å². The van der Waals surface area contributed by atoms with Crippen LogP contribution in [0.25, 0.3) is 0 Å². The van der Waals surface area contributed by atoms with E-state index in [1.54, 1.807) is 0 Å². The van der Waals surface area contributed by atoms with Gasteiger partial charge in [0.15, 0.2) is 0 Å². The van der Waals surface area contributed by atoms with Crippen LogP contribution in [0.4, 0.5) is 0 Å². The highest BCUT2D eigenvalue weighted by Gasteiger charge is 2.14. The first-order chi connectivity index (χ1) is 9.92. The van der Waals surface area contributed by atoms with Crippen LogP contribution in [0, 0.1) is 5.92 Å². The SMILES string of the molecule is CCN(C)Cc1cccc(CNC(=O)[C@@H](N)CC(C)C)c1. The van der Waals surface area contributed by atoms with Gasteiger partial charge in [-0.05, 0) is 37.1 Å². The molecule has 0 spiro atoms. The number of benzene rings is 1. The third kappa shape index (κ3) is 6.74. The maximum atomic E-state index is 11.9. The van der Waals surface area contributed by atoms with Crippen LogP contribution in [0.15, 0.2) is 24.3 Å². The lowest BCUT2D eigenvalue weighted by molar-refractivity contribution is -0.122. The summed E-state index contributed by atoms with van der Waals surface area (Å²) in [7, 11) is 2.10. The van der Waals surface area contributed by atoms with Crippen LogP contribution < -0.4 is 11.1 Å². The van der Waals surface area contributed by atoms with Crippen LogP contribution in [-0.4, -0.2) is 30.4 Å². The van der Waals surface area contributed by atoms with Gasteiger partial charge in [-0.1, -0.05) is 45.0 Å². The molecular formula is C17H29N3O. The zero-order valence-electron chi connectivity index (χ0n) is 13.7. The van der Waals surface area contributed by atoms with Crippen molar-refractivity contribution in [2.24, 2.45) is 11.7 Å². The Balaban J connectivity index is 2.51. The molecule has 4 nitrogen and oxygen atoms in total. The first kappa shape index (κ1) is 17.7. The fourth-order valence-electron chi connectivity index (χ4n) is 2.20. The summed E-state index contributed by atoms with van der Waals surface area (Å²) in [5.74, 6) is 0.360. The zero-order valence-corrected chi connectivity index (χ0v) is 13.7. The maximum absolute atomic E-state index is 11.9. The van der Waals surface area contributed by atoms with E-state index in [0.717, 1.165) is 18.7 Å². The van der Waals surface area contributed by atoms with Gasteiger partial charge in [-0.25, -0.2) is 0 Å². The third-order valence-corrected chi connectivity index (χ3v) is 3.51. The Morgan fingerprint density at radius 3 is 2.62 bits per heavy atom. The van der Waals surface area contributed by atoms with Gasteiger partial charge in [0.05, 0.1) is 6.04 Å². The van der Waals surface area contributed by atoms with Crippen LogP contribution >= 0.6 is 0 Å². The lowest BCUT2D eigenvalue weighted by atomic mass is 10.0. The molecule has 21 heavy (non-hydrogen) atoms. The Labute approximate surface area is 128 Å². The highest BCUT2D eigenvalue weighted by Crippen LogP contribution is 2.08. The molecule has 0 fully saturated rings. The van der Waals surface area contributed by atoms with Crippen molar-refractivity contribution in [2.75, 3.05) is 13.6 Å². The minimum atomic E-state index is -0.417. The Hall–Kier alpha value is -1.39. The van der Waals surface area contributed by atoms with Crippen molar-refractivity contribution in [3.05, 3.63) is 35.4 Å². The highest BCUT2D eigenvalue weighted by atomic mass is 16.2. The fraction of sp³-hybridized carbons (Fsp3) is 0.588. The number of carbonyl (C=O) groups is 1. The van der Waals surface area contributed by atoms with Gasteiger partial charge in [0.25, 0.3) is 0 Å². The van der Waals surface area contributed by atoms with Gasteiger partial charge in [0, 0.05) is 13.1 Å². The summed E-state index contributed by atoms with van der Waals surface area (Å²) in [6.45, 7) is 8.76. The zero-order chi connectivity index (χ0) is 15.8. The minimum Gasteiger partial charge on any atom is -0.351 e. The predicted octanol–water partition coefficient (Wildman–Crippen LogP) is 2.13. The topological polar surface area (TPSA) is 58.4 Å². The van der Waals surface area contributed by atoms with Crippen LogP contribution in [0.1, 0.15) is 38.3 Å². The molecule has 0 aliphatic heterocycles. The summed E-state index contributed by atoms with van der Waals surface area (Å²) in [5.41, 5.74) is 8.25. The van der Waals surface area contributed by atoms with Crippen molar-refractivity contribution < 1.29 is 4.79 Å². The Morgan fingerprint density at radius 1 is 1.33 bits per heavy atom. The van der Waals surface area contributed by atoms with E-state index < -0.39 is 6.04 Å². The third-order valence-electron chi connectivity index (χ3n) is 3.51. The summed E-state index contributed by atoms with van der Waals surface area (Å²) in [6, 6.07) is 7.90. The summed E-state index contributed by atoms with van der Waals surface area (Å²) < 4.78 is 0. The van der Waals surface area contributed by atoms with E-state index in [9.17, 15) is 4.79 Å². The molecule has 1 aromatic rings. The number of nitrogens with two attached hydrogens (primary N) is 1. The number of hydrogen-bond acceptors (Lipinski definition) is 3. The highest BCUT2D eigenvalue weighted by molar-refractivity contribution is 5.81. The van der Waals surface area contributed by atoms with Gasteiger partial charge in [-0.3, -0.25) is 4.79 Å². The normalized spacial score (nSPS) is 12.7. The van der Waals surface area contributed by atoms with Crippen LogP contribution in [0.5, 0.6) is 0 Å². The molecule has 0 aliphatic carbocycles. The van der Waals surface area contributed by atoms with Crippen molar-refractivity contribution in [2.45, 2.75) is 46.3 Å². The molecule has 0 unspecified atom stereocenters. The van der Waals surface area contributed by atoms with Gasteiger partial charge < -0.3 is 16.0 Å². The first-order valence-corrected chi connectivity index (χ1v) is 7.72. The molecule has 1 atom stereocenters. The van der Waals surface area contributed by atoms with Crippen LogP contribution in [-0.2, 0) is 17.9 Å². The molecule has 1 rings (SSSR count). The Bertz CT molecular complexity index is 445. The van der Waals surface area contributed by atoms with Crippen molar-refractivity contribution in [1.29, 1.82) is 0 Å². The summed E-state index contributed by atoms with van der Waals surface area (Å²) in [6.07, 6.45) is 0.715. The maximum Gasteiger partial charge on any atom is 0.237 e. The van der Waals surface area contributed by atoms with Crippen molar-refractivity contribution >= 4 is 5.91 Å². The standard InChI is InChI=1S/C17H29N3O/c1-5-20(4)12-15-8-6-7-14(10-15)11-19-17(21)16(18)9-13(2)3/h6-8,10,13,16H,5,9,11-12,18H2,1-4H3,(H,19,21)/t16-/m0/s1. The second kappa shape index (κ2) is 8.80. The molecule has 1 aromatic carbocycles. The monoisotopic (exact) mass is 291 g/mol. The molecule has 0 saturated carbocycles. The number of amides is 1. The summed E-state index contributed by atoms with van der Waals surface area (Å²) in [4.78, 5) is 14.2. The molecule has 118 valence electrons. The first-order valence-electron chi connectivity index (χ1n) is 7.72. The number of carbonyl (C=O) groups excluding carboxylic acids is 1. The molecule has 0 heterocycles. The van der Waals surface area contributed by atoms with E-state index in [1.807, 2.05) is 12.1 Å². The number of rotatable bonds is 8. The molecule has 0 saturated heterocycles. The number of nitrogens with zero attached hydrogens (tertiary/aromatic N) is 1. The molecule has 3 N–H and O–H groups in total. The second-order valence-corrected chi connectivity index (χ2v) is 6.10. The molecule has 0 bridgehead atoms. The lowest BCUT2D eigenvalue weighted by Gasteiger charge is -2.16. The minimum absolute atomic E-state index is 0.0696. The smallest absolute Gasteiger partial charge is 0.237 e.